The molecule has 2 rings (SSSR count). The molecule has 3 N–H and O–H groups in total. The number of nitrogens with one attached hydrogen (secondary N) is 1. The van der Waals surface area contributed by atoms with Gasteiger partial charge in [0.2, 0.25) is 10.0 Å². The number of aryl methyl sites for hydroxylation is 3. The van der Waals surface area contributed by atoms with Crippen molar-refractivity contribution in [2.75, 3.05) is 6.26 Å². The molecule has 0 unspecified atom stereocenters. The molecule has 1 aromatic rings. The number of nitrogens with two attached hydrogens (primary N) is 1. The van der Waals surface area contributed by atoms with Crippen molar-refractivity contribution < 1.29 is 27.9 Å². The van der Waals surface area contributed by atoms with Crippen LogP contribution in [0.25, 0.3) is 0 Å². The Bertz CT molecular complexity index is 580. The molecule has 1 aromatic carbocycles. The second-order valence-electron chi connectivity index (χ2n) is 6.47. The second kappa shape index (κ2) is 9.88. The third-order valence-electron chi connectivity index (χ3n) is 4.26. The van der Waals surface area contributed by atoms with Crippen LogP contribution in [0.1, 0.15) is 47.9 Å². The molecule has 0 bridgehead atoms. The zero-order valence-electron chi connectivity index (χ0n) is 14.8. The quantitative estimate of drug-likeness (QED) is 0.713. The van der Waals surface area contributed by atoms with Crippen molar-refractivity contribution in [1.82, 2.24) is 4.72 Å². The van der Waals surface area contributed by atoms with Crippen LogP contribution < -0.4 is 10.5 Å². The maximum atomic E-state index is 10.9. The van der Waals surface area contributed by atoms with Crippen molar-refractivity contribution in [2.24, 2.45) is 5.73 Å². The third kappa shape index (κ3) is 8.39. The van der Waals surface area contributed by atoms with Gasteiger partial charge in [-0.05, 0) is 57.2 Å². The first-order valence-corrected chi connectivity index (χ1v) is 9.76. The number of hydrogen-bond acceptors (Lipinski definition) is 3. The van der Waals surface area contributed by atoms with E-state index in [1.165, 1.54) is 28.5 Å². The van der Waals surface area contributed by atoms with Crippen LogP contribution >= 0.6 is 0 Å². The van der Waals surface area contributed by atoms with E-state index in [2.05, 4.69) is 44.5 Å². The van der Waals surface area contributed by atoms with Gasteiger partial charge in [-0.25, -0.2) is 13.1 Å². The molecule has 0 aliphatic heterocycles. The second-order valence-corrected chi connectivity index (χ2v) is 8.25. The number of rotatable bonds is 2. The van der Waals surface area contributed by atoms with Crippen LogP contribution in [-0.2, 0) is 29.5 Å². The van der Waals surface area contributed by atoms with E-state index in [0.717, 1.165) is 25.7 Å². The van der Waals surface area contributed by atoms with E-state index in [1.54, 1.807) is 0 Å². The minimum Gasteiger partial charge on any atom is -0.326 e. The van der Waals surface area contributed by atoms with Crippen LogP contribution in [0, 0.1) is 27.7 Å². The first-order chi connectivity index (χ1) is 10.1. The molecule has 0 saturated heterocycles. The van der Waals surface area contributed by atoms with Gasteiger partial charge in [0.05, 0.1) is 6.26 Å². The summed E-state index contributed by atoms with van der Waals surface area (Å²) in [4.78, 5) is 0. The molecule has 1 aliphatic carbocycles. The fourth-order valence-corrected chi connectivity index (χ4v) is 3.68. The predicted octanol–water partition coefficient (Wildman–Crippen LogP) is 2.72. The summed E-state index contributed by atoms with van der Waals surface area (Å²) in [6.07, 6.45) is 5.15. The maximum absolute atomic E-state index is 10.9. The summed E-state index contributed by atoms with van der Waals surface area (Å²) in [7, 11) is -3.09. The van der Waals surface area contributed by atoms with Gasteiger partial charge in [0, 0.05) is 31.6 Å². The Balaban J connectivity index is 0.000000409. The average molecular weight is 428 g/mol. The molecule has 1 fully saturated rings. The minimum atomic E-state index is -3.09. The molecule has 0 amide bonds. The Labute approximate surface area is 154 Å². The Morgan fingerprint density at radius 1 is 1.04 bits per heavy atom. The molecule has 0 radical (unpaired) electrons. The predicted molar refractivity (Wildman–Crippen MR) is 93.6 cm³/mol. The smallest absolute Gasteiger partial charge is 0.209 e. The van der Waals surface area contributed by atoms with E-state index in [0.29, 0.717) is 0 Å². The SMILES string of the molecule is CS(=O)(=O)N[C@H]1CCCC[C@@H]1N.Cc1cc(C)c(C)c(C)c1.[Ru]. The normalized spacial score (nSPS) is 21.0. The van der Waals surface area contributed by atoms with Crippen molar-refractivity contribution >= 4 is 10.0 Å². The van der Waals surface area contributed by atoms with Crippen LogP contribution in [-0.4, -0.2) is 26.8 Å². The van der Waals surface area contributed by atoms with Gasteiger partial charge in [0.15, 0.2) is 0 Å². The van der Waals surface area contributed by atoms with E-state index in [1.807, 2.05) is 0 Å². The summed E-state index contributed by atoms with van der Waals surface area (Å²) in [6.45, 7) is 8.63. The summed E-state index contributed by atoms with van der Waals surface area (Å²) in [5.74, 6) is 0. The number of hydrogen-bond donors (Lipinski definition) is 2. The summed E-state index contributed by atoms with van der Waals surface area (Å²) >= 11 is 0. The summed E-state index contributed by atoms with van der Waals surface area (Å²) in [5, 5.41) is 0. The fraction of sp³-hybridized carbons (Fsp3) is 0.647. The average Bonchev–Trinajstić information content (AvgIpc) is 2.38. The van der Waals surface area contributed by atoms with Crippen LogP contribution in [0.15, 0.2) is 12.1 Å². The molecule has 134 valence electrons. The molecule has 1 aliphatic rings. The number of benzene rings is 1. The van der Waals surface area contributed by atoms with Gasteiger partial charge in [-0.1, -0.05) is 30.5 Å². The van der Waals surface area contributed by atoms with Crippen molar-refractivity contribution in [3.63, 3.8) is 0 Å². The summed E-state index contributed by atoms with van der Waals surface area (Å²) in [6, 6.07) is 4.40. The van der Waals surface area contributed by atoms with E-state index in [4.69, 9.17) is 5.73 Å². The fourth-order valence-electron chi connectivity index (χ4n) is 2.83. The Morgan fingerprint density at radius 2 is 1.52 bits per heavy atom. The van der Waals surface area contributed by atoms with Crippen molar-refractivity contribution in [3.05, 3.63) is 34.4 Å². The Morgan fingerprint density at radius 3 is 1.96 bits per heavy atom. The van der Waals surface area contributed by atoms with Crippen LogP contribution in [0.4, 0.5) is 0 Å². The minimum absolute atomic E-state index is 0. The van der Waals surface area contributed by atoms with Crippen molar-refractivity contribution in [3.8, 4) is 0 Å². The topological polar surface area (TPSA) is 72.2 Å². The molecule has 0 spiro atoms. The van der Waals surface area contributed by atoms with Gasteiger partial charge in [0.25, 0.3) is 0 Å². The van der Waals surface area contributed by atoms with Gasteiger partial charge in [-0.3, -0.25) is 0 Å². The molecule has 0 heterocycles. The summed E-state index contributed by atoms with van der Waals surface area (Å²) in [5.41, 5.74) is 11.3. The van der Waals surface area contributed by atoms with Gasteiger partial charge in [-0.15, -0.1) is 0 Å². The van der Waals surface area contributed by atoms with Gasteiger partial charge >= 0.3 is 0 Å². The van der Waals surface area contributed by atoms with Gasteiger partial charge in [-0.2, -0.15) is 0 Å². The van der Waals surface area contributed by atoms with Crippen LogP contribution in [0.3, 0.4) is 0 Å². The Kier molecular flexibility index (Phi) is 9.75. The zero-order chi connectivity index (χ0) is 16.9. The molecule has 4 nitrogen and oxygen atoms in total. The van der Waals surface area contributed by atoms with E-state index in [9.17, 15) is 8.42 Å². The maximum Gasteiger partial charge on any atom is 0.209 e. The third-order valence-corrected chi connectivity index (χ3v) is 4.99. The van der Waals surface area contributed by atoms with Crippen LogP contribution in [0.2, 0.25) is 0 Å². The number of sulfonamides is 1. The van der Waals surface area contributed by atoms with Crippen LogP contribution in [0.5, 0.6) is 0 Å². The first-order valence-electron chi connectivity index (χ1n) is 7.87. The molecular weight excluding hydrogens is 397 g/mol. The molecule has 23 heavy (non-hydrogen) atoms. The molecule has 6 heteroatoms. The van der Waals surface area contributed by atoms with Crippen molar-refractivity contribution in [1.29, 1.82) is 0 Å². The first kappa shape index (κ1) is 22.7. The molecular formula is C17H30N2O2RuS. The van der Waals surface area contributed by atoms with E-state index < -0.39 is 10.0 Å². The van der Waals surface area contributed by atoms with Gasteiger partial charge < -0.3 is 5.73 Å². The zero-order valence-corrected chi connectivity index (χ0v) is 17.3. The van der Waals surface area contributed by atoms with Crippen molar-refractivity contribution in [2.45, 2.75) is 65.5 Å². The largest absolute Gasteiger partial charge is 0.326 e. The van der Waals surface area contributed by atoms with Gasteiger partial charge in [0.1, 0.15) is 0 Å². The molecule has 2 atom stereocenters. The monoisotopic (exact) mass is 428 g/mol. The van der Waals surface area contributed by atoms with E-state index >= 15 is 0 Å². The summed E-state index contributed by atoms with van der Waals surface area (Å²) < 4.78 is 24.3. The molecule has 0 aromatic heterocycles. The standard InChI is InChI=1S/C10H14.C7H16N2O2S.Ru/c1-7-5-8(2)10(4)9(3)6-7;1-12(10,11)9-7-5-3-2-4-6(7)8;/h5-6H,1-4H3;6-7,9H,2-5,8H2,1H3;/t;6-,7-;/m.0./s1. The molecule has 1 saturated carbocycles. The Hall–Kier alpha value is -0.287. The van der Waals surface area contributed by atoms with E-state index in [-0.39, 0.29) is 31.6 Å².